The lowest BCUT2D eigenvalue weighted by Gasteiger charge is -2.21. The number of fused-ring (bicyclic) bond motifs is 1. The Morgan fingerprint density at radius 2 is 1.88 bits per heavy atom. The average molecular weight is 352 g/mol. The lowest BCUT2D eigenvalue weighted by molar-refractivity contribution is -0.113. The maximum Gasteiger partial charge on any atom is 0.234 e. The second-order valence-electron chi connectivity index (χ2n) is 6.11. The fourth-order valence-corrected chi connectivity index (χ4v) is 3.82. The maximum atomic E-state index is 12.4. The zero-order valence-corrected chi connectivity index (χ0v) is 14.7. The smallest absolute Gasteiger partial charge is 0.234 e. The Hall–Kier alpha value is -2.47. The van der Waals surface area contributed by atoms with E-state index < -0.39 is 0 Å². The molecule has 25 heavy (non-hydrogen) atoms. The van der Waals surface area contributed by atoms with E-state index in [0.29, 0.717) is 5.75 Å². The summed E-state index contributed by atoms with van der Waals surface area (Å²) in [6, 6.07) is 15.9. The van der Waals surface area contributed by atoms with Crippen molar-refractivity contribution in [1.29, 1.82) is 0 Å². The molecule has 0 aliphatic carbocycles. The van der Waals surface area contributed by atoms with Crippen molar-refractivity contribution in [1.82, 2.24) is 9.97 Å². The number of hydrogen-bond acceptors (Lipinski definition) is 4. The Labute approximate surface area is 150 Å². The molecule has 128 valence electrons. The summed E-state index contributed by atoms with van der Waals surface area (Å²) in [7, 11) is 0. The molecule has 3 aromatic rings. The number of thioether (sulfide) groups is 1. The van der Waals surface area contributed by atoms with Crippen LogP contribution in [0.15, 0.2) is 53.7 Å². The summed E-state index contributed by atoms with van der Waals surface area (Å²) in [6.07, 6.45) is 2.42. The molecule has 0 bridgehead atoms. The Morgan fingerprint density at radius 3 is 2.72 bits per heavy atom. The van der Waals surface area contributed by atoms with Gasteiger partial charge >= 0.3 is 0 Å². The van der Waals surface area contributed by atoms with Crippen molar-refractivity contribution in [2.24, 2.45) is 0 Å². The number of imidazole rings is 1. The second-order valence-corrected chi connectivity index (χ2v) is 7.07. The lowest BCUT2D eigenvalue weighted by Crippen LogP contribution is -2.21. The molecule has 2 aromatic carbocycles. The van der Waals surface area contributed by atoms with Crippen LogP contribution < -0.4 is 10.2 Å². The van der Waals surface area contributed by atoms with Gasteiger partial charge in [-0.25, -0.2) is 4.98 Å². The topological polar surface area (TPSA) is 61.0 Å². The van der Waals surface area contributed by atoms with Crippen molar-refractivity contribution in [3.63, 3.8) is 0 Å². The molecule has 0 spiro atoms. The number of nitrogens with zero attached hydrogens (tertiary/aromatic N) is 2. The number of amides is 1. The van der Waals surface area contributed by atoms with Crippen LogP contribution in [0.4, 0.5) is 11.4 Å². The minimum absolute atomic E-state index is 0.0166. The van der Waals surface area contributed by atoms with Crippen molar-refractivity contribution >= 4 is 40.1 Å². The maximum absolute atomic E-state index is 12.4. The van der Waals surface area contributed by atoms with Crippen LogP contribution in [0.3, 0.4) is 0 Å². The van der Waals surface area contributed by atoms with E-state index in [0.717, 1.165) is 40.7 Å². The minimum atomic E-state index is -0.0166. The molecule has 1 fully saturated rings. The third-order valence-electron chi connectivity index (χ3n) is 4.33. The molecule has 1 saturated heterocycles. The lowest BCUT2D eigenvalue weighted by atomic mass is 10.2. The first kappa shape index (κ1) is 16.0. The Balaban J connectivity index is 1.40. The van der Waals surface area contributed by atoms with Crippen molar-refractivity contribution in [3.05, 3.63) is 48.5 Å². The van der Waals surface area contributed by atoms with Gasteiger partial charge in [-0.15, -0.1) is 0 Å². The molecule has 0 saturated carbocycles. The summed E-state index contributed by atoms with van der Waals surface area (Å²) in [5.74, 6) is 0.311. The number of carbonyl (C=O) groups excluding carboxylic acids is 1. The molecule has 1 aliphatic heterocycles. The predicted molar refractivity (Wildman–Crippen MR) is 103 cm³/mol. The number of rotatable bonds is 5. The average Bonchev–Trinajstić information content (AvgIpc) is 3.30. The molecule has 5 nitrogen and oxygen atoms in total. The highest BCUT2D eigenvalue weighted by atomic mass is 32.2. The highest BCUT2D eigenvalue weighted by Gasteiger charge is 2.16. The van der Waals surface area contributed by atoms with Crippen LogP contribution in [0.5, 0.6) is 0 Å². The van der Waals surface area contributed by atoms with E-state index in [-0.39, 0.29) is 5.91 Å². The van der Waals surface area contributed by atoms with E-state index in [1.807, 2.05) is 42.5 Å². The summed E-state index contributed by atoms with van der Waals surface area (Å²) in [5.41, 5.74) is 3.91. The largest absolute Gasteiger partial charge is 0.370 e. The van der Waals surface area contributed by atoms with Gasteiger partial charge in [0, 0.05) is 13.1 Å². The van der Waals surface area contributed by atoms with Crippen LogP contribution in [0.2, 0.25) is 0 Å². The monoisotopic (exact) mass is 352 g/mol. The third-order valence-corrected chi connectivity index (χ3v) is 5.21. The second kappa shape index (κ2) is 7.19. The molecular formula is C19H20N4OS. The molecule has 0 atom stereocenters. The Morgan fingerprint density at radius 1 is 1.12 bits per heavy atom. The predicted octanol–water partition coefficient (Wildman–Crippen LogP) is 3.89. The number of para-hydroxylation sites is 4. The minimum Gasteiger partial charge on any atom is -0.370 e. The van der Waals surface area contributed by atoms with E-state index in [2.05, 4.69) is 26.3 Å². The van der Waals surface area contributed by atoms with Crippen molar-refractivity contribution in [3.8, 4) is 0 Å². The Kier molecular flexibility index (Phi) is 4.61. The van der Waals surface area contributed by atoms with Gasteiger partial charge in [-0.3, -0.25) is 4.79 Å². The molecule has 1 aromatic heterocycles. The first-order chi connectivity index (χ1) is 12.3. The molecule has 1 aliphatic rings. The number of anilines is 2. The van der Waals surface area contributed by atoms with Gasteiger partial charge in [-0.05, 0) is 37.1 Å². The standard InChI is InChI=1S/C19H20N4OS/c24-18(13-25-19-21-14-7-1-2-8-15(14)22-19)20-16-9-3-4-10-17(16)23-11-5-6-12-23/h1-4,7-10H,5-6,11-13H2,(H,20,24)(H,21,22). The normalized spacial score (nSPS) is 14.2. The zero-order valence-electron chi connectivity index (χ0n) is 13.9. The molecule has 0 unspecified atom stereocenters. The van der Waals surface area contributed by atoms with Crippen molar-refractivity contribution in [2.75, 3.05) is 29.1 Å². The number of hydrogen-bond donors (Lipinski definition) is 2. The Bertz CT molecular complexity index is 853. The first-order valence-corrected chi connectivity index (χ1v) is 9.49. The van der Waals surface area contributed by atoms with Gasteiger partial charge in [0.2, 0.25) is 5.91 Å². The fraction of sp³-hybridized carbons (Fsp3) is 0.263. The third kappa shape index (κ3) is 3.64. The fourth-order valence-electron chi connectivity index (χ4n) is 3.13. The van der Waals surface area contributed by atoms with E-state index in [1.54, 1.807) is 0 Å². The number of benzene rings is 2. The number of carbonyl (C=O) groups is 1. The van der Waals surface area contributed by atoms with E-state index in [1.165, 1.54) is 24.6 Å². The van der Waals surface area contributed by atoms with Crippen LogP contribution in [0, 0.1) is 0 Å². The number of aromatic amines is 1. The van der Waals surface area contributed by atoms with Crippen molar-refractivity contribution < 1.29 is 4.79 Å². The number of nitrogens with one attached hydrogen (secondary N) is 2. The highest BCUT2D eigenvalue weighted by molar-refractivity contribution is 7.99. The summed E-state index contributed by atoms with van der Waals surface area (Å²) in [6.45, 7) is 2.11. The molecule has 2 N–H and O–H groups in total. The van der Waals surface area contributed by atoms with Crippen LogP contribution in [-0.4, -0.2) is 34.7 Å². The molecule has 2 heterocycles. The highest BCUT2D eigenvalue weighted by Crippen LogP contribution is 2.29. The molecule has 0 radical (unpaired) electrons. The van der Waals surface area contributed by atoms with Gasteiger partial charge < -0.3 is 15.2 Å². The van der Waals surface area contributed by atoms with Gasteiger partial charge in [-0.1, -0.05) is 36.0 Å². The summed E-state index contributed by atoms with van der Waals surface area (Å²) in [4.78, 5) is 22.4. The summed E-state index contributed by atoms with van der Waals surface area (Å²) < 4.78 is 0. The van der Waals surface area contributed by atoms with Crippen LogP contribution >= 0.6 is 11.8 Å². The molecule has 1 amide bonds. The number of H-pyrrole nitrogens is 1. The quantitative estimate of drug-likeness (QED) is 0.684. The SMILES string of the molecule is O=C(CSc1nc2ccccc2[nH]1)Nc1ccccc1N1CCCC1. The van der Waals surface area contributed by atoms with E-state index >= 15 is 0 Å². The zero-order chi connectivity index (χ0) is 17.1. The van der Waals surface area contributed by atoms with E-state index in [9.17, 15) is 4.79 Å². The summed E-state index contributed by atoms with van der Waals surface area (Å²) >= 11 is 1.42. The molecule has 4 rings (SSSR count). The van der Waals surface area contributed by atoms with Gasteiger partial charge in [-0.2, -0.15) is 0 Å². The summed E-state index contributed by atoms with van der Waals surface area (Å²) in [5, 5.41) is 3.82. The van der Waals surface area contributed by atoms with Gasteiger partial charge in [0.05, 0.1) is 28.2 Å². The molecule has 6 heteroatoms. The number of aromatic nitrogens is 2. The molecular weight excluding hydrogens is 332 g/mol. The van der Waals surface area contributed by atoms with Gasteiger partial charge in [0.15, 0.2) is 5.16 Å². The van der Waals surface area contributed by atoms with Crippen molar-refractivity contribution in [2.45, 2.75) is 18.0 Å². The van der Waals surface area contributed by atoms with Crippen LogP contribution in [0.1, 0.15) is 12.8 Å². The van der Waals surface area contributed by atoms with Crippen LogP contribution in [0.25, 0.3) is 11.0 Å². The van der Waals surface area contributed by atoms with E-state index in [4.69, 9.17) is 0 Å². The van der Waals surface area contributed by atoms with Crippen LogP contribution in [-0.2, 0) is 4.79 Å². The first-order valence-electron chi connectivity index (χ1n) is 8.51. The van der Waals surface area contributed by atoms with Gasteiger partial charge in [0.1, 0.15) is 0 Å². The van der Waals surface area contributed by atoms with Gasteiger partial charge in [0.25, 0.3) is 0 Å².